The highest BCUT2D eigenvalue weighted by Gasteiger charge is 2.28. The molecule has 9 aromatic heterocycles. The number of anilines is 6. The van der Waals surface area contributed by atoms with Crippen LogP contribution in [-0.4, -0.2) is 132 Å². The van der Waals surface area contributed by atoms with E-state index in [1.165, 1.54) is 0 Å². The summed E-state index contributed by atoms with van der Waals surface area (Å²) in [7, 11) is -4.64. The Balaban J connectivity index is 0.00000301. The van der Waals surface area contributed by atoms with Crippen molar-refractivity contribution >= 4 is 149 Å². The van der Waals surface area contributed by atoms with E-state index in [0.29, 0.717) is 68.2 Å². The lowest BCUT2D eigenvalue weighted by molar-refractivity contribution is 0.0998. The van der Waals surface area contributed by atoms with Crippen molar-refractivity contribution in [3.05, 3.63) is 335 Å². The molecule has 0 radical (unpaired) electrons. The predicted molar refractivity (Wildman–Crippen MR) is 571 cm³/mol. The summed E-state index contributed by atoms with van der Waals surface area (Å²) in [6.45, 7) is 25.4. The summed E-state index contributed by atoms with van der Waals surface area (Å²) >= 11 is 0. The normalized spacial score (nSPS) is 12.9. The van der Waals surface area contributed by atoms with Crippen molar-refractivity contribution in [2.24, 2.45) is 30.0 Å². The van der Waals surface area contributed by atoms with Gasteiger partial charge in [-0.05, 0) is 256 Å². The van der Waals surface area contributed by atoms with Gasteiger partial charge in [-0.25, -0.2) is 19.5 Å². The zero-order valence-electron chi connectivity index (χ0n) is 81.7. The highest BCUT2D eigenvalue weighted by atomic mass is 31.2. The van der Waals surface area contributed by atoms with E-state index in [2.05, 4.69) is 160 Å². The molecule has 0 saturated heterocycles. The Hall–Kier alpha value is -16.6. The number of aliphatic imine (C=N–C) groups is 6. The van der Waals surface area contributed by atoms with Crippen LogP contribution in [0.2, 0.25) is 0 Å². The number of aromatic amines is 6. The summed E-state index contributed by atoms with van der Waals surface area (Å²) in [5.41, 5.74) is 28.5. The lowest BCUT2D eigenvalue weighted by Gasteiger charge is -2.10. The van der Waals surface area contributed by atoms with Crippen LogP contribution in [0.3, 0.4) is 0 Å². The van der Waals surface area contributed by atoms with Crippen LogP contribution < -0.4 is 31.9 Å². The first-order chi connectivity index (χ1) is 69.1. The molecule has 15 N–H and O–H groups in total. The maximum absolute atomic E-state index is 14.3. The Morgan fingerprint density at radius 1 is 0.224 bits per heavy atom. The number of hydrogen-bond acceptors (Lipinski definition) is 16. The van der Waals surface area contributed by atoms with Crippen LogP contribution in [0.4, 0.5) is 68.2 Å². The molecule has 10 heterocycles. The maximum Gasteiger partial charge on any atom is 0.466 e. The Morgan fingerprint density at radius 3 is 0.503 bits per heavy atom. The van der Waals surface area contributed by atoms with Gasteiger partial charge in [0.05, 0.1) is 174 Å². The molecule has 0 atom stereocenters. The summed E-state index contributed by atoms with van der Waals surface area (Å²) < 4.78 is 8.88. The fourth-order valence-electron chi connectivity index (χ4n) is 17.7. The Bertz CT molecular complexity index is 6460. The number of hydrogen-bond donors (Lipinski definition) is 15. The van der Waals surface area contributed by atoms with Gasteiger partial charge in [-0.3, -0.25) is 58.7 Å². The minimum Gasteiger partial charge on any atom is -0.352 e. The van der Waals surface area contributed by atoms with Crippen LogP contribution in [-0.2, 0) is 43.1 Å². The summed E-state index contributed by atoms with van der Waals surface area (Å²) in [5.74, 6) is -3.29. The first-order valence-electron chi connectivity index (χ1n) is 47.8. The predicted octanol–water partition coefficient (Wildman–Crippen LogP) is 23.8. The molecule has 0 saturated carbocycles. The number of H-pyrrole nitrogens is 6. The molecule has 0 unspecified atom stereocenters. The molecule has 143 heavy (non-hydrogen) atoms. The second kappa shape index (κ2) is 46.0. The Labute approximate surface area is 828 Å². The third kappa shape index (κ3) is 23.8. The van der Waals surface area contributed by atoms with E-state index in [1.807, 2.05) is 109 Å². The Kier molecular flexibility index (Phi) is 32.4. The summed E-state index contributed by atoms with van der Waals surface area (Å²) in [5, 5.41) is 18.1. The molecule has 16 rings (SSSR count). The molecule has 6 aromatic carbocycles. The SMILES string of the molecule is CCCc1c2[nH]c(c1C)-c1[nH]c(c(CCC)c1C)C=Nc1ccccc1NC(=O)c1cccc(n1)C(=O)Nc1ccccc1N=Cc1[nH]c(c(C)c1CCC)-c1[nH]c(c(CCC)c1C)C=Nc1ccccc1NC(=O)c1cccc(n1)C(=O)Nc1ccccc1N=Cc1[nH]c(c(C)c1CCC)-c1[nH]c(c(CCC)c1C)C=Nc1ccccc1NC(=O)c1cccc(n1)C(=O)Nc1ccccc1N=C2.O=P(O)(O)O. The molecule has 1 aliphatic rings. The topological polar surface area (TPSA) is 460 Å². The van der Waals surface area contributed by atoms with Crippen molar-refractivity contribution in [2.75, 3.05) is 31.9 Å². The summed E-state index contributed by atoms with van der Waals surface area (Å²) in [6, 6.07) is 57.6. The zero-order chi connectivity index (χ0) is 101. The third-order valence-corrected chi connectivity index (χ3v) is 24.8. The van der Waals surface area contributed by atoms with Crippen LogP contribution in [0.15, 0.2) is 230 Å². The number of carbonyl (C=O) groups excluding carboxylic acids is 6. The largest absolute Gasteiger partial charge is 0.466 e. The Morgan fingerprint density at radius 2 is 0.364 bits per heavy atom. The average molecular weight is 1930 g/mol. The lowest BCUT2D eigenvalue weighted by atomic mass is 10.0. The average Bonchev–Trinajstić information content (AvgIpc) is 1.63. The third-order valence-electron chi connectivity index (χ3n) is 24.8. The van der Waals surface area contributed by atoms with Gasteiger partial charge in [0.2, 0.25) is 0 Å². The van der Waals surface area contributed by atoms with E-state index >= 15 is 0 Å². The van der Waals surface area contributed by atoms with Gasteiger partial charge in [-0.1, -0.05) is 171 Å². The smallest absolute Gasteiger partial charge is 0.352 e. The monoisotopic (exact) mass is 1930 g/mol. The van der Waals surface area contributed by atoms with Gasteiger partial charge in [0.1, 0.15) is 34.2 Å². The molecule has 0 spiro atoms. The molecule has 728 valence electrons. The van der Waals surface area contributed by atoms with Crippen molar-refractivity contribution in [1.82, 2.24) is 44.9 Å². The number of para-hydroxylation sites is 12. The number of fused-ring (bicyclic) bond motifs is 27. The molecule has 0 aliphatic carbocycles. The van der Waals surface area contributed by atoms with Gasteiger partial charge in [0.15, 0.2) is 0 Å². The highest BCUT2D eigenvalue weighted by molar-refractivity contribution is 7.45. The van der Waals surface area contributed by atoms with E-state index in [4.69, 9.17) is 49.2 Å². The number of aromatic nitrogens is 9. The number of nitrogens with one attached hydrogen (secondary N) is 12. The second-order valence-electron chi connectivity index (χ2n) is 34.7. The van der Waals surface area contributed by atoms with E-state index in [-0.39, 0.29) is 34.2 Å². The first-order valence-corrected chi connectivity index (χ1v) is 49.3. The summed E-state index contributed by atoms with van der Waals surface area (Å²) in [6.07, 6.45) is 20.4. The van der Waals surface area contributed by atoms with Crippen LogP contribution >= 0.6 is 7.82 Å². The summed E-state index contributed by atoms with van der Waals surface area (Å²) in [4.78, 5) is 174. The molecule has 15 aromatic rings. The minimum absolute atomic E-state index is 0.00862. The molecular formula is C111H114N21O10P. The second-order valence-corrected chi connectivity index (χ2v) is 35.7. The van der Waals surface area contributed by atoms with Crippen molar-refractivity contribution in [3.8, 4) is 34.2 Å². The van der Waals surface area contributed by atoms with Crippen molar-refractivity contribution in [3.63, 3.8) is 0 Å². The van der Waals surface area contributed by atoms with Crippen LogP contribution in [0.1, 0.15) is 244 Å². The van der Waals surface area contributed by atoms with E-state index in [9.17, 15) is 28.8 Å². The molecule has 0 fully saturated rings. The van der Waals surface area contributed by atoms with Gasteiger partial charge in [0.25, 0.3) is 35.4 Å². The van der Waals surface area contributed by atoms with Gasteiger partial charge in [0, 0.05) is 0 Å². The standard InChI is InChI=1S/C111H111N21O6.H3O4P/c1-13-34-70-64(7)100-101-65(8)71(35-14-2)95(122-101)59-113-77-41-20-26-47-83(77)128-108(135)90-54-32-55-91(119-90)109(136)130-85-49-28-22-43-79(85)115-61-97-74(38-17-5)68(11)104(125-97)105-69(12)75(39-18-6)99(126-105)63-117-81-45-24-30-51-87(81)132-111(138)93-57-33-56-92(120-93)110(137)131-86-50-29-23-44-80(86)116-62-98-73(37-16-4)67(10)103(124-98)102-66(9)72(36-15-3)96(123-102)60-114-78-42-21-27-48-84(78)129-107(134)89-53-31-52-88(118-89)106(133)127-82-46-25-19-40-76(82)112-58-94(70)121-100;1-5(2,3)4/h19-33,40-63,121-126H,13-18,34-39H2,1-12H3,(H,127,133)(H,128,135)(H,129,134)(H,130,136)(H,131,137)(H,132,138);(H3,1,2,3,4). The molecule has 18 bridgehead atoms. The van der Waals surface area contributed by atoms with Gasteiger partial charge in [-0.2, -0.15) is 0 Å². The number of phosphoric acid groups is 1. The lowest BCUT2D eigenvalue weighted by Crippen LogP contribution is -2.18. The zero-order valence-corrected chi connectivity index (χ0v) is 82.6. The number of amides is 6. The number of pyridine rings is 3. The number of rotatable bonds is 12. The van der Waals surface area contributed by atoms with E-state index in [0.717, 1.165) is 212 Å². The van der Waals surface area contributed by atoms with Gasteiger partial charge < -0.3 is 76.5 Å². The van der Waals surface area contributed by atoms with Crippen LogP contribution in [0.25, 0.3) is 34.2 Å². The van der Waals surface area contributed by atoms with Gasteiger partial charge >= 0.3 is 7.82 Å². The molecule has 6 amide bonds. The number of benzene rings is 6. The molecule has 1 aliphatic heterocycles. The highest BCUT2D eigenvalue weighted by Crippen LogP contribution is 2.41. The van der Waals surface area contributed by atoms with Crippen molar-refractivity contribution in [1.29, 1.82) is 0 Å². The number of carbonyl (C=O) groups is 6. The molecule has 31 nitrogen and oxygen atoms in total. The maximum atomic E-state index is 14.3. The fourth-order valence-corrected chi connectivity index (χ4v) is 17.7. The van der Waals surface area contributed by atoms with E-state index < -0.39 is 43.3 Å². The molecular weight excluding hydrogens is 1820 g/mol. The fraction of sp³-hybridized carbons (Fsp3) is 0.216. The van der Waals surface area contributed by atoms with Crippen LogP contribution in [0.5, 0.6) is 0 Å². The van der Waals surface area contributed by atoms with Crippen molar-refractivity contribution in [2.45, 2.75) is 160 Å². The van der Waals surface area contributed by atoms with Gasteiger partial charge in [-0.15, -0.1) is 0 Å². The first kappa shape index (κ1) is 101. The van der Waals surface area contributed by atoms with E-state index in [1.54, 1.807) is 128 Å². The van der Waals surface area contributed by atoms with Crippen LogP contribution in [0, 0.1) is 41.5 Å². The molecule has 32 heteroatoms. The minimum atomic E-state index is -4.64. The van der Waals surface area contributed by atoms with Crippen molar-refractivity contribution < 1.29 is 48.0 Å². The quantitative estimate of drug-likeness (QED) is 0.0506. The number of nitrogens with zero attached hydrogens (tertiary/aromatic N) is 9.